The first-order valence-electron chi connectivity index (χ1n) is 6.02. The summed E-state index contributed by atoms with van der Waals surface area (Å²) >= 11 is 0. The second kappa shape index (κ2) is 5.27. The van der Waals surface area contributed by atoms with Crippen molar-refractivity contribution in [1.82, 2.24) is 0 Å². The van der Waals surface area contributed by atoms with E-state index < -0.39 is 15.6 Å². The third-order valence-corrected chi connectivity index (χ3v) is 4.29. The lowest BCUT2D eigenvalue weighted by atomic mass is 9.82. The van der Waals surface area contributed by atoms with Crippen LogP contribution in [0, 0.1) is 6.92 Å². The molecule has 0 heterocycles. The third-order valence-electron chi connectivity index (χ3n) is 3.32. The maximum atomic E-state index is 12.3. The lowest BCUT2D eigenvalue weighted by molar-refractivity contribution is -0.0500. The summed E-state index contributed by atoms with van der Waals surface area (Å²) in [4.78, 5) is 0. The van der Waals surface area contributed by atoms with Crippen molar-refractivity contribution in [2.75, 3.05) is 0 Å². The average Bonchev–Trinajstić information content (AvgIpc) is 2.30. The maximum absolute atomic E-state index is 12.3. The van der Waals surface area contributed by atoms with Crippen LogP contribution in [-0.2, 0) is 15.5 Å². The Hall–Kier alpha value is -1.24. The molecule has 0 saturated carbocycles. The largest absolute Gasteiger partial charge is 0.534 e. The van der Waals surface area contributed by atoms with Crippen molar-refractivity contribution in [2.24, 2.45) is 0 Å². The topological polar surface area (TPSA) is 43.4 Å². The van der Waals surface area contributed by atoms with E-state index in [0.29, 0.717) is 5.56 Å². The Morgan fingerprint density at radius 3 is 2.15 bits per heavy atom. The van der Waals surface area contributed by atoms with Gasteiger partial charge in [-0.3, -0.25) is 0 Å². The van der Waals surface area contributed by atoms with Crippen molar-refractivity contribution < 1.29 is 25.8 Å². The molecule has 1 aromatic rings. The van der Waals surface area contributed by atoms with E-state index in [-0.39, 0.29) is 11.2 Å². The van der Waals surface area contributed by atoms with Crippen molar-refractivity contribution in [3.63, 3.8) is 0 Å². The Bertz CT molecular complexity index is 589. The zero-order chi connectivity index (χ0) is 15.8. The fourth-order valence-electron chi connectivity index (χ4n) is 1.53. The molecular weight excluding hydrogens is 293 g/mol. The highest BCUT2D eigenvalue weighted by Gasteiger charge is 2.48. The van der Waals surface area contributed by atoms with Gasteiger partial charge >= 0.3 is 15.6 Å². The van der Waals surface area contributed by atoms with Crippen molar-refractivity contribution in [3.8, 4) is 5.75 Å². The highest BCUT2D eigenvalue weighted by atomic mass is 32.2. The summed E-state index contributed by atoms with van der Waals surface area (Å²) in [6, 6.07) is 4.48. The lowest BCUT2D eigenvalue weighted by Crippen LogP contribution is -2.28. The summed E-state index contributed by atoms with van der Waals surface area (Å²) in [5, 5.41) is 0. The summed E-state index contributed by atoms with van der Waals surface area (Å²) in [6.07, 6.45) is 0.841. The van der Waals surface area contributed by atoms with Gasteiger partial charge in [-0.2, -0.15) is 21.6 Å². The van der Waals surface area contributed by atoms with Crippen LogP contribution in [0.2, 0.25) is 0 Å². The van der Waals surface area contributed by atoms with Gasteiger partial charge in [-0.05, 0) is 36.0 Å². The molecule has 0 N–H and O–H groups in total. The van der Waals surface area contributed by atoms with Crippen molar-refractivity contribution in [2.45, 2.75) is 45.0 Å². The summed E-state index contributed by atoms with van der Waals surface area (Å²) in [5.74, 6) is -0.307. The quantitative estimate of drug-likeness (QED) is 0.625. The highest BCUT2D eigenvalue weighted by molar-refractivity contribution is 7.88. The summed E-state index contributed by atoms with van der Waals surface area (Å²) in [5.41, 5.74) is -4.32. The van der Waals surface area contributed by atoms with E-state index in [4.69, 9.17) is 0 Å². The molecule has 1 aromatic carbocycles. The van der Waals surface area contributed by atoms with E-state index in [1.54, 1.807) is 12.1 Å². The Morgan fingerprint density at radius 1 is 1.20 bits per heavy atom. The number of hydrogen-bond acceptors (Lipinski definition) is 3. The average molecular weight is 310 g/mol. The van der Waals surface area contributed by atoms with Gasteiger partial charge in [-0.25, -0.2) is 0 Å². The molecule has 0 aromatic heterocycles. The number of hydrogen-bond donors (Lipinski definition) is 0. The molecule has 114 valence electrons. The molecule has 0 aliphatic rings. The van der Waals surface area contributed by atoms with Crippen LogP contribution in [0.1, 0.15) is 38.3 Å². The molecule has 3 nitrogen and oxygen atoms in total. The first-order chi connectivity index (χ1) is 8.90. The number of alkyl halides is 3. The van der Waals surface area contributed by atoms with Crippen LogP contribution in [0.5, 0.6) is 5.75 Å². The second-order valence-electron chi connectivity index (χ2n) is 5.20. The molecule has 0 radical (unpaired) electrons. The van der Waals surface area contributed by atoms with Crippen LogP contribution >= 0.6 is 0 Å². The zero-order valence-electron chi connectivity index (χ0n) is 11.7. The standard InChI is InChI=1S/C13H17F3O3S/c1-5-12(3,4)10-6-7-11(9(2)8-10)19-20(17,18)13(14,15)16/h6-8H,5H2,1-4H3. The van der Waals surface area contributed by atoms with Crippen LogP contribution in [0.3, 0.4) is 0 Å². The second-order valence-corrected chi connectivity index (χ2v) is 6.74. The van der Waals surface area contributed by atoms with Gasteiger partial charge in [0.1, 0.15) is 5.75 Å². The van der Waals surface area contributed by atoms with Crippen LogP contribution < -0.4 is 4.18 Å². The van der Waals surface area contributed by atoms with E-state index >= 15 is 0 Å². The van der Waals surface area contributed by atoms with E-state index in [0.717, 1.165) is 12.0 Å². The molecule has 20 heavy (non-hydrogen) atoms. The van der Waals surface area contributed by atoms with Gasteiger partial charge < -0.3 is 4.18 Å². The molecule has 0 saturated heterocycles. The lowest BCUT2D eigenvalue weighted by Gasteiger charge is -2.24. The van der Waals surface area contributed by atoms with E-state index in [1.165, 1.54) is 13.0 Å². The van der Waals surface area contributed by atoms with Gasteiger partial charge in [0.2, 0.25) is 0 Å². The molecule has 1 rings (SSSR count). The molecule has 0 atom stereocenters. The number of rotatable bonds is 4. The summed E-state index contributed by atoms with van der Waals surface area (Å²) in [7, 11) is -5.63. The van der Waals surface area contributed by atoms with Gasteiger partial charge in [0, 0.05) is 0 Å². The molecule has 0 amide bonds. The van der Waals surface area contributed by atoms with Crippen LogP contribution in [0.25, 0.3) is 0 Å². The first-order valence-corrected chi connectivity index (χ1v) is 7.43. The first kappa shape index (κ1) is 16.8. The molecule has 7 heteroatoms. The van der Waals surface area contributed by atoms with Crippen LogP contribution in [0.15, 0.2) is 18.2 Å². The molecule has 0 aliphatic carbocycles. The SMILES string of the molecule is CCC(C)(C)c1ccc(OS(=O)(=O)C(F)(F)F)c(C)c1. The highest BCUT2D eigenvalue weighted by Crippen LogP contribution is 2.33. The van der Waals surface area contributed by atoms with E-state index in [1.807, 2.05) is 20.8 Å². The number of halogens is 3. The minimum absolute atomic E-state index is 0.147. The fraction of sp³-hybridized carbons (Fsp3) is 0.538. The zero-order valence-corrected chi connectivity index (χ0v) is 12.5. The predicted octanol–water partition coefficient (Wildman–Crippen LogP) is 3.91. The predicted molar refractivity (Wildman–Crippen MR) is 70.1 cm³/mol. The smallest absolute Gasteiger partial charge is 0.376 e. The molecular formula is C13H17F3O3S. The van der Waals surface area contributed by atoms with Gasteiger partial charge in [0.15, 0.2) is 0 Å². The van der Waals surface area contributed by atoms with Crippen molar-refractivity contribution in [1.29, 1.82) is 0 Å². The minimum atomic E-state index is -5.63. The summed E-state index contributed by atoms with van der Waals surface area (Å²) < 4.78 is 62.9. The molecule has 0 bridgehead atoms. The molecule has 0 unspecified atom stereocenters. The van der Waals surface area contributed by atoms with E-state index in [9.17, 15) is 21.6 Å². The number of aryl methyl sites for hydroxylation is 1. The Labute approximate surface area is 116 Å². The van der Waals surface area contributed by atoms with Crippen LogP contribution in [0.4, 0.5) is 13.2 Å². The van der Waals surface area contributed by atoms with Crippen molar-refractivity contribution >= 4 is 10.1 Å². The van der Waals surface area contributed by atoms with Crippen molar-refractivity contribution in [3.05, 3.63) is 29.3 Å². The Balaban J connectivity index is 3.14. The number of benzene rings is 1. The molecule has 0 aliphatic heterocycles. The normalized spacial score (nSPS) is 13.3. The van der Waals surface area contributed by atoms with Gasteiger partial charge in [0.05, 0.1) is 0 Å². The monoisotopic (exact) mass is 310 g/mol. The molecule has 0 fully saturated rings. The third kappa shape index (κ3) is 3.45. The van der Waals surface area contributed by atoms with Crippen LogP contribution in [-0.4, -0.2) is 13.9 Å². The Morgan fingerprint density at radius 2 is 1.75 bits per heavy atom. The molecule has 0 spiro atoms. The van der Waals surface area contributed by atoms with E-state index in [2.05, 4.69) is 4.18 Å². The van der Waals surface area contributed by atoms with Gasteiger partial charge in [-0.15, -0.1) is 0 Å². The Kier molecular flexibility index (Phi) is 4.43. The minimum Gasteiger partial charge on any atom is -0.376 e. The fourth-order valence-corrected chi connectivity index (χ4v) is 2.05. The van der Waals surface area contributed by atoms with Gasteiger partial charge in [0.25, 0.3) is 0 Å². The van der Waals surface area contributed by atoms with Gasteiger partial charge in [-0.1, -0.05) is 32.9 Å². The maximum Gasteiger partial charge on any atom is 0.534 e. The summed E-state index contributed by atoms with van der Waals surface area (Å²) in [6.45, 7) is 7.49.